The van der Waals surface area contributed by atoms with Gasteiger partial charge in [-0.25, -0.2) is 8.42 Å². The van der Waals surface area contributed by atoms with Crippen LogP contribution in [-0.4, -0.2) is 77.9 Å². The molecule has 1 N–H and O–H groups in total. The Kier molecular flexibility index (Phi) is 9.07. The number of para-hydroxylation sites is 2. The smallest absolute Gasteiger partial charge is 0.251 e. The predicted octanol–water partition coefficient (Wildman–Crippen LogP) is 3.29. The highest BCUT2D eigenvalue weighted by Crippen LogP contribution is 2.29. The third-order valence-corrected chi connectivity index (χ3v) is 10.4. The zero-order valence-corrected chi connectivity index (χ0v) is 25.6. The van der Waals surface area contributed by atoms with Crippen LogP contribution in [0.3, 0.4) is 0 Å². The monoisotopic (exact) mass is 632 g/mol. The molecule has 0 spiro atoms. The summed E-state index contributed by atoms with van der Waals surface area (Å²) in [5.41, 5.74) is 3.26. The molecule has 0 saturated carbocycles. The molecule has 0 atom stereocenters. The lowest BCUT2D eigenvalue weighted by atomic mass is 10.0. The lowest BCUT2D eigenvalue weighted by Gasteiger charge is -2.29. The number of aromatic nitrogens is 3. The Hall–Kier alpha value is -4.04. The minimum absolute atomic E-state index is 0.00121. The molecule has 2 aliphatic heterocycles. The van der Waals surface area contributed by atoms with Gasteiger partial charge in [-0.3, -0.25) is 14.2 Å². The summed E-state index contributed by atoms with van der Waals surface area (Å²) in [6, 6.07) is 23.4. The number of carbonyl (C=O) groups is 2. The van der Waals surface area contributed by atoms with E-state index >= 15 is 0 Å². The highest BCUT2D eigenvalue weighted by Gasteiger charge is 2.27. The predicted molar refractivity (Wildman–Crippen MR) is 166 cm³/mol. The fraction of sp³-hybridized carbons (Fsp3) is 0.290. The molecular formula is C31H32N6O5S2. The van der Waals surface area contributed by atoms with E-state index in [0.717, 1.165) is 24.2 Å². The Morgan fingerprint density at radius 2 is 1.61 bits per heavy atom. The van der Waals surface area contributed by atoms with Gasteiger partial charge >= 0.3 is 0 Å². The van der Waals surface area contributed by atoms with Crippen molar-refractivity contribution < 1.29 is 22.7 Å². The molecular weight excluding hydrogens is 601 g/mol. The fourth-order valence-electron chi connectivity index (χ4n) is 5.32. The van der Waals surface area contributed by atoms with Crippen LogP contribution in [0.2, 0.25) is 0 Å². The lowest BCUT2D eigenvalue weighted by molar-refractivity contribution is -0.116. The molecule has 0 bridgehead atoms. The van der Waals surface area contributed by atoms with Crippen LogP contribution in [0.15, 0.2) is 88.9 Å². The third-order valence-electron chi connectivity index (χ3n) is 7.58. The fourth-order valence-corrected chi connectivity index (χ4v) is 7.57. The topological polar surface area (TPSA) is 127 Å². The Bertz CT molecular complexity index is 1740. The van der Waals surface area contributed by atoms with Crippen LogP contribution in [0, 0.1) is 0 Å². The van der Waals surface area contributed by atoms with Gasteiger partial charge in [-0.1, -0.05) is 48.2 Å². The van der Waals surface area contributed by atoms with Gasteiger partial charge in [0.1, 0.15) is 0 Å². The highest BCUT2D eigenvalue weighted by atomic mass is 32.2. The molecule has 1 aromatic heterocycles. The SMILES string of the molecule is O=C(NCc1nnc(SCC(=O)N2CCCc3ccccc32)n1-c1ccccc1)c1ccc(S(=O)(=O)N2CCOCC2)cc1. The van der Waals surface area contributed by atoms with E-state index in [2.05, 4.69) is 21.6 Å². The molecule has 11 nitrogen and oxygen atoms in total. The van der Waals surface area contributed by atoms with E-state index in [1.54, 1.807) is 0 Å². The second-order valence-corrected chi connectivity index (χ2v) is 13.2. The van der Waals surface area contributed by atoms with Gasteiger partial charge in [-0.15, -0.1) is 10.2 Å². The first kappa shape index (κ1) is 30.0. The summed E-state index contributed by atoms with van der Waals surface area (Å²) >= 11 is 1.30. The molecule has 44 heavy (non-hydrogen) atoms. The van der Waals surface area contributed by atoms with Crippen LogP contribution in [0.1, 0.15) is 28.2 Å². The van der Waals surface area contributed by atoms with Gasteiger partial charge in [0.25, 0.3) is 5.91 Å². The number of hydrogen-bond acceptors (Lipinski definition) is 8. The first-order chi connectivity index (χ1) is 21.4. The van der Waals surface area contributed by atoms with Gasteiger partial charge in [0.2, 0.25) is 15.9 Å². The maximum atomic E-state index is 13.3. The van der Waals surface area contributed by atoms with E-state index in [-0.39, 0.29) is 29.0 Å². The number of amides is 2. The van der Waals surface area contributed by atoms with Crippen molar-refractivity contribution in [3.05, 3.63) is 95.8 Å². The second-order valence-electron chi connectivity index (χ2n) is 10.4. The average molecular weight is 633 g/mol. The number of fused-ring (bicyclic) bond motifs is 1. The van der Waals surface area contributed by atoms with Crippen LogP contribution in [0.25, 0.3) is 5.69 Å². The second kappa shape index (κ2) is 13.3. The molecule has 228 valence electrons. The maximum absolute atomic E-state index is 13.3. The molecule has 3 heterocycles. The van der Waals surface area contributed by atoms with E-state index in [1.165, 1.54) is 45.9 Å². The number of anilines is 1. The maximum Gasteiger partial charge on any atom is 0.251 e. The summed E-state index contributed by atoms with van der Waals surface area (Å²) in [6.07, 6.45) is 1.88. The number of rotatable bonds is 9. The summed E-state index contributed by atoms with van der Waals surface area (Å²) in [5.74, 6) is 0.301. The lowest BCUT2D eigenvalue weighted by Crippen LogP contribution is -2.40. The summed E-state index contributed by atoms with van der Waals surface area (Å²) in [4.78, 5) is 28.3. The van der Waals surface area contributed by atoms with Gasteiger partial charge in [-0.05, 0) is 60.9 Å². The quantitative estimate of drug-likeness (QED) is 0.279. The number of nitrogens with one attached hydrogen (secondary N) is 1. The molecule has 3 aromatic carbocycles. The van der Waals surface area contributed by atoms with E-state index < -0.39 is 10.0 Å². The Morgan fingerprint density at radius 3 is 2.39 bits per heavy atom. The van der Waals surface area contributed by atoms with Crippen molar-refractivity contribution in [2.45, 2.75) is 29.4 Å². The standard InChI is InChI=1S/C31H32N6O5S2/c38-29(36-16-6-8-23-7-4-5-11-27(23)36)22-43-31-34-33-28(37(31)25-9-2-1-3-10-25)21-32-30(39)24-12-14-26(15-13-24)44(40,41)35-17-19-42-20-18-35/h1-5,7,9-15H,6,8,16-22H2,(H,32,39). The number of ether oxygens (including phenoxy) is 1. The van der Waals surface area contributed by atoms with Crippen LogP contribution < -0.4 is 10.2 Å². The van der Waals surface area contributed by atoms with Crippen molar-refractivity contribution in [2.75, 3.05) is 43.5 Å². The van der Waals surface area contributed by atoms with Gasteiger partial charge in [-0.2, -0.15) is 4.31 Å². The first-order valence-corrected chi connectivity index (χ1v) is 16.8. The van der Waals surface area contributed by atoms with Gasteiger partial charge in [0, 0.05) is 36.6 Å². The van der Waals surface area contributed by atoms with Crippen molar-refractivity contribution in [1.29, 1.82) is 0 Å². The Balaban J connectivity index is 1.14. The zero-order chi connectivity index (χ0) is 30.5. The summed E-state index contributed by atoms with van der Waals surface area (Å²) in [7, 11) is -3.66. The van der Waals surface area contributed by atoms with Crippen molar-refractivity contribution >= 4 is 39.3 Å². The average Bonchev–Trinajstić information content (AvgIpc) is 3.49. The molecule has 0 aliphatic carbocycles. The van der Waals surface area contributed by atoms with E-state index in [9.17, 15) is 18.0 Å². The molecule has 2 amide bonds. The Morgan fingerprint density at radius 1 is 0.886 bits per heavy atom. The number of morpholine rings is 1. The normalized spacial score (nSPS) is 15.5. The van der Waals surface area contributed by atoms with Crippen LogP contribution in [-0.2, 0) is 32.5 Å². The van der Waals surface area contributed by atoms with Crippen molar-refractivity contribution in [2.24, 2.45) is 0 Å². The van der Waals surface area contributed by atoms with Crippen LogP contribution >= 0.6 is 11.8 Å². The molecule has 13 heteroatoms. The number of carbonyl (C=O) groups excluding carboxylic acids is 2. The van der Waals surface area contributed by atoms with Crippen molar-refractivity contribution in [3.63, 3.8) is 0 Å². The van der Waals surface area contributed by atoms with Crippen molar-refractivity contribution in [1.82, 2.24) is 24.4 Å². The van der Waals surface area contributed by atoms with E-state index in [1.807, 2.05) is 58.0 Å². The van der Waals surface area contributed by atoms with Crippen molar-refractivity contribution in [3.8, 4) is 5.69 Å². The molecule has 1 fully saturated rings. The third kappa shape index (κ3) is 6.41. The minimum Gasteiger partial charge on any atom is -0.379 e. The number of nitrogens with zero attached hydrogens (tertiary/aromatic N) is 5. The number of thioether (sulfide) groups is 1. The minimum atomic E-state index is -3.66. The molecule has 0 unspecified atom stereocenters. The molecule has 0 radical (unpaired) electrons. The van der Waals surface area contributed by atoms with E-state index in [4.69, 9.17) is 4.74 Å². The summed E-state index contributed by atoms with van der Waals surface area (Å²) in [5, 5.41) is 12.1. The van der Waals surface area contributed by atoms with E-state index in [0.29, 0.717) is 49.4 Å². The molecule has 4 aromatic rings. The summed E-state index contributed by atoms with van der Waals surface area (Å²) < 4.78 is 34.3. The molecule has 1 saturated heterocycles. The van der Waals surface area contributed by atoms with Crippen LogP contribution in [0.5, 0.6) is 0 Å². The zero-order valence-electron chi connectivity index (χ0n) is 24.0. The largest absolute Gasteiger partial charge is 0.379 e. The number of aryl methyl sites for hydroxylation is 1. The highest BCUT2D eigenvalue weighted by molar-refractivity contribution is 7.99. The van der Waals surface area contributed by atoms with Crippen LogP contribution in [0.4, 0.5) is 5.69 Å². The van der Waals surface area contributed by atoms with Gasteiger partial charge in [0.15, 0.2) is 11.0 Å². The number of benzene rings is 3. The molecule has 6 rings (SSSR count). The summed E-state index contributed by atoms with van der Waals surface area (Å²) in [6.45, 7) is 2.07. The molecule has 2 aliphatic rings. The van der Waals surface area contributed by atoms with Gasteiger partial charge < -0.3 is 15.0 Å². The number of hydrogen-bond donors (Lipinski definition) is 1. The van der Waals surface area contributed by atoms with Gasteiger partial charge in [0.05, 0.1) is 30.4 Å². The Labute approximate surface area is 260 Å². The number of sulfonamides is 1. The first-order valence-electron chi connectivity index (χ1n) is 14.4.